The smallest absolute Gasteiger partial charge is 2.00 e. The van der Waals surface area contributed by atoms with Crippen LogP contribution in [0.5, 0.6) is 0 Å². The topological polar surface area (TPSA) is 132 Å². The van der Waals surface area contributed by atoms with Crippen molar-refractivity contribution in [2.45, 2.75) is 194 Å². The monoisotopic (exact) mass is 686 g/mol. The van der Waals surface area contributed by atoms with Crippen molar-refractivity contribution in [3.63, 3.8) is 0 Å². The molecule has 0 heterocycles. The normalized spacial score (nSPS) is 10.5. The number of hydrogen-bond acceptors (Lipinski definition) is 2. The molecular formula is C36H68O6Zr. The molecule has 0 aliphatic heterocycles. The maximum Gasteiger partial charge on any atom is 4.00 e. The van der Waals surface area contributed by atoms with Crippen molar-refractivity contribution in [1.82, 2.24) is 0 Å². The van der Waals surface area contributed by atoms with Gasteiger partial charge < -0.3 is 21.2 Å². The summed E-state index contributed by atoms with van der Waals surface area (Å²) in [6.45, 7) is 4.52. The minimum Gasteiger partial charge on any atom is -2.00 e. The molecule has 43 heavy (non-hydrogen) atoms. The molecule has 0 spiro atoms. The number of carboxylic acid groups (broad SMARTS) is 2. The third-order valence-electron chi connectivity index (χ3n) is 7.30. The Morgan fingerprint density at radius 3 is 0.837 bits per heavy atom. The standard InChI is InChI=1S/2C18H34O2.2O.Zr/c2*1-2-3-4-5-6-7-8-9-10-11-12-13-14-15-16-17-18(19)20;;;/h2*9-10H,2-8,11-17H2,1H3,(H,19,20);;;/q;;2*-2;+4/b2*10-9-;;;. The van der Waals surface area contributed by atoms with Gasteiger partial charge in [0.25, 0.3) is 0 Å². The molecular weight excluding hydrogens is 620 g/mol. The Morgan fingerprint density at radius 2 is 0.605 bits per heavy atom. The molecule has 0 aromatic heterocycles. The molecule has 0 aromatic rings. The van der Waals surface area contributed by atoms with Gasteiger partial charge in [-0.25, -0.2) is 0 Å². The van der Waals surface area contributed by atoms with E-state index in [1.54, 1.807) is 0 Å². The van der Waals surface area contributed by atoms with Gasteiger partial charge in [0.2, 0.25) is 0 Å². The summed E-state index contributed by atoms with van der Waals surface area (Å²) >= 11 is 0. The Hall–Kier alpha value is -0.777. The van der Waals surface area contributed by atoms with E-state index in [9.17, 15) is 9.59 Å². The summed E-state index contributed by atoms with van der Waals surface area (Å²) in [5.74, 6) is -1.33. The second-order valence-electron chi connectivity index (χ2n) is 11.5. The van der Waals surface area contributed by atoms with Crippen LogP contribution in [0, 0.1) is 0 Å². The van der Waals surface area contributed by atoms with Crippen LogP contribution in [0.15, 0.2) is 24.3 Å². The molecule has 0 unspecified atom stereocenters. The van der Waals surface area contributed by atoms with Crippen LogP contribution < -0.4 is 0 Å². The number of rotatable bonds is 30. The van der Waals surface area contributed by atoms with Crippen LogP contribution >= 0.6 is 0 Å². The van der Waals surface area contributed by atoms with Gasteiger partial charge in [0.15, 0.2) is 0 Å². The van der Waals surface area contributed by atoms with Gasteiger partial charge in [0.1, 0.15) is 0 Å². The van der Waals surface area contributed by atoms with Crippen molar-refractivity contribution in [2.24, 2.45) is 0 Å². The summed E-state index contributed by atoms with van der Waals surface area (Å²) in [5, 5.41) is 17.0. The second-order valence-corrected chi connectivity index (χ2v) is 11.5. The summed E-state index contributed by atoms with van der Waals surface area (Å²) in [5.41, 5.74) is 0. The number of allylic oxidation sites excluding steroid dienone is 4. The molecule has 0 fully saturated rings. The molecule has 0 radical (unpaired) electrons. The first-order valence-electron chi connectivity index (χ1n) is 17.3. The van der Waals surface area contributed by atoms with E-state index in [0.29, 0.717) is 12.8 Å². The van der Waals surface area contributed by atoms with Crippen LogP contribution in [-0.2, 0) is 46.7 Å². The fraction of sp³-hybridized carbons (Fsp3) is 0.833. The summed E-state index contributed by atoms with van der Waals surface area (Å²) in [4.78, 5) is 20.6. The molecule has 0 atom stereocenters. The molecule has 6 nitrogen and oxygen atoms in total. The first kappa shape index (κ1) is 51.8. The molecule has 0 aliphatic rings. The van der Waals surface area contributed by atoms with Crippen LogP contribution in [0.2, 0.25) is 0 Å². The van der Waals surface area contributed by atoms with Crippen molar-refractivity contribution in [2.75, 3.05) is 0 Å². The van der Waals surface area contributed by atoms with Crippen molar-refractivity contribution >= 4 is 11.9 Å². The van der Waals surface area contributed by atoms with Gasteiger partial charge >= 0.3 is 38.1 Å². The van der Waals surface area contributed by atoms with Gasteiger partial charge in [-0.2, -0.15) is 0 Å². The van der Waals surface area contributed by atoms with Crippen molar-refractivity contribution < 1.29 is 57.0 Å². The number of unbranched alkanes of at least 4 members (excludes halogenated alkanes) is 22. The van der Waals surface area contributed by atoms with E-state index >= 15 is 0 Å². The number of carbonyl (C=O) groups is 2. The average Bonchev–Trinajstić information content (AvgIpc) is 2.93. The van der Waals surface area contributed by atoms with Crippen LogP contribution in [0.4, 0.5) is 0 Å². The van der Waals surface area contributed by atoms with Gasteiger partial charge in [-0.1, -0.05) is 141 Å². The van der Waals surface area contributed by atoms with Gasteiger partial charge in [-0.05, 0) is 64.2 Å². The predicted octanol–water partition coefficient (Wildman–Crippen LogP) is 12.0. The maximum atomic E-state index is 10.3. The SMILES string of the molecule is CCCCCCCC/C=C\CCCCCCCC(=O)O.CCCCCCCC/C=C\CCCCCCCC(=O)O.[O-2].[O-2].[Zr+4]. The summed E-state index contributed by atoms with van der Waals surface area (Å²) in [6.07, 6.45) is 42.5. The van der Waals surface area contributed by atoms with Crippen LogP contribution in [0.25, 0.3) is 0 Å². The second kappa shape index (κ2) is 48.1. The van der Waals surface area contributed by atoms with Gasteiger partial charge in [-0.15, -0.1) is 0 Å². The Labute approximate surface area is 285 Å². The average molecular weight is 688 g/mol. The van der Waals surface area contributed by atoms with Crippen LogP contribution in [0.1, 0.15) is 194 Å². The van der Waals surface area contributed by atoms with Crippen LogP contribution in [0.3, 0.4) is 0 Å². The first-order chi connectivity index (χ1) is 19.5. The van der Waals surface area contributed by atoms with E-state index in [-0.39, 0.29) is 37.2 Å². The number of carboxylic acids is 2. The number of hydrogen-bond donors (Lipinski definition) is 2. The third kappa shape index (κ3) is 57.5. The Bertz CT molecular complexity index is 530. The van der Waals surface area contributed by atoms with Crippen molar-refractivity contribution in [3.05, 3.63) is 24.3 Å². The molecule has 0 saturated carbocycles. The van der Waals surface area contributed by atoms with Crippen molar-refractivity contribution in [1.29, 1.82) is 0 Å². The zero-order chi connectivity index (χ0) is 29.8. The molecule has 0 bridgehead atoms. The molecule has 0 aromatic carbocycles. The predicted molar refractivity (Wildman–Crippen MR) is 176 cm³/mol. The van der Waals surface area contributed by atoms with E-state index < -0.39 is 11.9 Å². The Morgan fingerprint density at radius 1 is 0.395 bits per heavy atom. The summed E-state index contributed by atoms with van der Waals surface area (Å²) in [6, 6.07) is 0. The minimum atomic E-state index is -0.664. The fourth-order valence-corrected chi connectivity index (χ4v) is 4.69. The fourth-order valence-electron chi connectivity index (χ4n) is 4.69. The Kier molecular flexibility index (Phi) is 58.0. The zero-order valence-corrected chi connectivity index (χ0v) is 30.6. The van der Waals surface area contributed by atoms with E-state index in [4.69, 9.17) is 10.2 Å². The molecule has 0 rings (SSSR count). The molecule has 0 saturated heterocycles. The quantitative estimate of drug-likeness (QED) is 0.0574. The first-order valence-corrected chi connectivity index (χ1v) is 17.3. The van der Waals surface area contributed by atoms with Gasteiger partial charge in [-0.3, -0.25) is 9.59 Å². The van der Waals surface area contributed by atoms with Gasteiger partial charge in [0, 0.05) is 12.8 Å². The van der Waals surface area contributed by atoms with E-state index in [1.165, 1.54) is 141 Å². The minimum absolute atomic E-state index is 0. The van der Waals surface area contributed by atoms with Crippen molar-refractivity contribution in [3.8, 4) is 0 Å². The molecule has 7 heteroatoms. The van der Waals surface area contributed by atoms with Gasteiger partial charge in [0.05, 0.1) is 0 Å². The molecule has 0 aliphatic carbocycles. The number of aliphatic carboxylic acids is 2. The van der Waals surface area contributed by atoms with Crippen LogP contribution in [-0.4, -0.2) is 22.2 Å². The molecule has 0 amide bonds. The Balaban J connectivity index is -0.000000209. The summed E-state index contributed by atoms with van der Waals surface area (Å²) in [7, 11) is 0. The molecule has 2 N–H and O–H groups in total. The van der Waals surface area contributed by atoms with E-state index in [2.05, 4.69) is 38.2 Å². The largest absolute Gasteiger partial charge is 4.00 e. The van der Waals surface area contributed by atoms with E-state index in [0.717, 1.165) is 25.7 Å². The third-order valence-corrected chi connectivity index (χ3v) is 7.30. The zero-order valence-electron chi connectivity index (χ0n) is 28.1. The summed E-state index contributed by atoms with van der Waals surface area (Å²) < 4.78 is 0. The van der Waals surface area contributed by atoms with E-state index in [1.807, 2.05) is 0 Å². The maximum absolute atomic E-state index is 10.3. The molecule has 252 valence electrons.